The van der Waals surface area contributed by atoms with E-state index in [1.54, 1.807) is 18.5 Å². The van der Waals surface area contributed by atoms with E-state index in [9.17, 15) is 8.78 Å². The lowest BCUT2D eigenvalue weighted by Gasteiger charge is -2.57. The van der Waals surface area contributed by atoms with Gasteiger partial charge in [-0.15, -0.1) is 8.78 Å². The zero-order valence-corrected chi connectivity index (χ0v) is 19.2. The first-order valence-electron chi connectivity index (χ1n) is 12.6. The van der Waals surface area contributed by atoms with E-state index in [2.05, 4.69) is 29.7 Å². The molecule has 8 rings (SSSR count). The number of nitrogens with one attached hydrogen (secondary N) is 1. The Bertz CT molecular complexity index is 1090. The molecule has 1 aromatic heterocycles. The first kappa shape index (κ1) is 20.9. The number of ether oxygens (including phenoxy) is 2. The number of hydrogen-bond donors (Lipinski definition) is 1. The molecule has 2 aliphatic heterocycles. The average molecular weight is 469 g/mol. The minimum Gasteiger partial charge on any atom is -0.395 e. The maximum absolute atomic E-state index is 13.3. The molecule has 0 atom stereocenters. The summed E-state index contributed by atoms with van der Waals surface area (Å²) in [5.41, 5.74) is 3.66. The van der Waals surface area contributed by atoms with Gasteiger partial charge in [0, 0.05) is 31.7 Å². The number of anilines is 1. The zero-order chi connectivity index (χ0) is 22.9. The number of nitrogens with zero attached hydrogens (tertiary/aromatic N) is 3. The van der Waals surface area contributed by atoms with Crippen molar-refractivity contribution >= 4 is 5.82 Å². The quantitative estimate of drug-likeness (QED) is 0.668. The number of alkyl halides is 2. The van der Waals surface area contributed by atoms with Crippen molar-refractivity contribution in [3.05, 3.63) is 41.3 Å². The van der Waals surface area contributed by atoms with Crippen LogP contribution in [0.4, 0.5) is 14.6 Å². The normalized spacial score (nSPS) is 32.6. The van der Waals surface area contributed by atoms with Gasteiger partial charge in [0.1, 0.15) is 12.1 Å². The highest BCUT2D eigenvalue weighted by Gasteiger charge is 2.50. The molecular weight excluding hydrogens is 438 g/mol. The fourth-order valence-electron chi connectivity index (χ4n) is 7.82. The molecule has 0 spiro atoms. The minimum absolute atomic E-state index is 0.0835. The molecule has 1 N–H and O–H groups in total. The summed E-state index contributed by atoms with van der Waals surface area (Å²) in [6.45, 7) is 3.26. The van der Waals surface area contributed by atoms with Gasteiger partial charge in [0.05, 0.1) is 5.69 Å². The van der Waals surface area contributed by atoms with E-state index < -0.39 is 6.29 Å². The van der Waals surface area contributed by atoms with Crippen LogP contribution in [0.1, 0.15) is 55.3 Å². The van der Waals surface area contributed by atoms with Crippen molar-refractivity contribution in [1.82, 2.24) is 14.9 Å². The molecule has 6 nitrogen and oxygen atoms in total. The van der Waals surface area contributed by atoms with Gasteiger partial charge in [0.2, 0.25) is 0 Å². The first-order chi connectivity index (χ1) is 16.4. The van der Waals surface area contributed by atoms with E-state index in [1.807, 2.05) is 6.07 Å². The molecule has 4 aliphatic carbocycles. The molecule has 1 aromatic carbocycles. The van der Waals surface area contributed by atoms with Crippen molar-refractivity contribution in [3.8, 4) is 11.5 Å². The Hall–Kier alpha value is -2.48. The molecule has 0 radical (unpaired) electrons. The number of rotatable bonds is 5. The summed E-state index contributed by atoms with van der Waals surface area (Å²) in [5, 5.41) is 3.76. The van der Waals surface area contributed by atoms with Crippen molar-refractivity contribution in [1.29, 1.82) is 0 Å². The highest BCUT2D eigenvalue weighted by molar-refractivity contribution is 5.48. The summed E-state index contributed by atoms with van der Waals surface area (Å²) in [5.74, 6) is 4.03. The number of benzene rings is 1. The van der Waals surface area contributed by atoms with Crippen LogP contribution in [-0.4, -0.2) is 34.3 Å². The molecule has 4 bridgehead atoms. The second-order valence-corrected chi connectivity index (χ2v) is 11.3. The topological polar surface area (TPSA) is 59.5 Å². The molecule has 34 heavy (non-hydrogen) atoms. The van der Waals surface area contributed by atoms with Gasteiger partial charge in [-0.2, -0.15) is 0 Å². The average Bonchev–Trinajstić information content (AvgIpc) is 3.10. The molecule has 3 heterocycles. The van der Waals surface area contributed by atoms with Crippen LogP contribution in [0.15, 0.2) is 24.5 Å². The van der Waals surface area contributed by atoms with E-state index in [-0.39, 0.29) is 11.5 Å². The van der Waals surface area contributed by atoms with Crippen LogP contribution in [0.2, 0.25) is 0 Å². The maximum Gasteiger partial charge on any atom is 0.586 e. The van der Waals surface area contributed by atoms with Gasteiger partial charge in [-0.3, -0.25) is 4.90 Å². The highest BCUT2D eigenvalue weighted by atomic mass is 19.3. The standard InChI is InChI=1S/C26H30F2N4O2/c27-26(28)33-22-2-1-16(8-23(22)34-26)12-32-4-3-20-21(13-32)30-15-31-24(20)29-14-25-9-17-5-18(10-25)7-19(6-17)11-25/h1-2,8,15,17-19H,3-7,9-14H2,(H,29,30,31). The highest BCUT2D eigenvalue weighted by Crippen LogP contribution is 2.60. The Morgan fingerprint density at radius 1 is 1.00 bits per heavy atom. The van der Waals surface area contributed by atoms with E-state index in [1.165, 1.54) is 44.1 Å². The third kappa shape index (κ3) is 3.70. The zero-order valence-electron chi connectivity index (χ0n) is 19.2. The smallest absolute Gasteiger partial charge is 0.395 e. The molecule has 6 aliphatic rings. The van der Waals surface area contributed by atoms with Gasteiger partial charge in [0.15, 0.2) is 11.5 Å². The molecule has 4 fully saturated rings. The molecule has 8 heteroatoms. The third-order valence-electron chi connectivity index (χ3n) is 8.75. The van der Waals surface area contributed by atoms with Crippen LogP contribution in [-0.2, 0) is 19.5 Å². The monoisotopic (exact) mass is 468 g/mol. The first-order valence-corrected chi connectivity index (χ1v) is 12.6. The fourth-order valence-corrected chi connectivity index (χ4v) is 7.82. The lowest BCUT2D eigenvalue weighted by molar-refractivity contribution is -0.286. The second-order valence-electron chi connectivity index (χ2n) is 11.3. The number of fused-ring (bicyclic) bond motifs is 2. The Morgan fingerprint density at radius 3 is 2.50 bits per heavy atom. The Labute approximate surface area is 198 Å². The van der Waals surface area contributed by atoms with Gasteiger partial charge in [-0.05, 0) is 85.8 Å². The number of hydrogen-bond acceptors (Lipinski definition) is 6. The van der Waals surface area contributed by atoms with Crippen LogP contribution in [0.3, 0.4) is 0 Å². The largest absolute Gasteiger partial charge is 0.586 e. The Morgan fingerprint density at radius 2 is 1.74 bits per heavy atom. The van der Waals surface area contributed by atoms with E-state index in [0.717, 1.165) is 54.3 Å². The van der Waals surface area contributed by atoms with Gasteiger partial charge in [-0.25, -0.2) is 9.97 Å². The van der Waals surface area contributed by atoms with Crippen molar-refractivity contribution < 1.29 is 18.3 Å². The van der Waals surface area contributed by atoms with Crippen LogP contribution >= 0.6 is 0 Å². The second kappa shape index (κ2) is 7.51. The molecule has 0 saturated heterocycles. The summed E-state index contributed by atoms with van der Waals surface area (Å²) in [6.07, 6.45) is 7.51. The number of halogens is 2. The van der Waals surface area contributed by atoms with E-state index >= 15 is 0 Å². The summed E-state index contributed by atoms with van der Waals surface area (Å²) < 4.78 is 35.8. The van der Waals surface area contributed by atoms with Crippen LogP contribution in [0.25, 0.3) is 0 Å². The maximum atomic E-state index is 13.3. The summed E-state index contributed by atoms with van der Waals surface area (Å²) in [4.78, 5) is 11.5. The Balaban J connectivity index is 1.03. The van der Waals surface area contributed by atoms with Crippen molar-refractivity contribution in [2.45, 2.75) is 64.3 Å². The van der Waals surface area contributed by atoms with Crippen molar-refractivity contribution in [2.75, 3.05) is 18.4 Å². The van der Waals surface area contributed by atoms with Crippen LogP contribution in [0.5, 0.6) is 11.5 Å². The SMILES string of the molecule is FC1(F)Oc2ccc(CN3CCc4c(ncnc4NCC45CC6CC(CC(C6)C4)C5)C3)cc2O1. The van der Waals surface area contributed by atoms with Gasteiger partial charge < -0.3 is 14.8 Å². The summed E-state index contributed by atoms with van der Waals surface area (Å²) in [6, 6.07) is 5.01. The molecule has 0 unspecified atom stereocenters. The lowest BCUT2D eigenvalue weighted by Crippen LogP contribution is -2.49. The number of aromatic nitrogens is 2. The Kier molecular flexibility index (Phi) is 4.61. The summed E-state index contributed by atoms with van der Waals surface area (Å²) in [7, 11) is 0. The summed E-state index contributed by atoms with van der Waals surface area (Å²) >= 11 is 0. The lowest BCUT2D eigenvalue weighted by atomic mass is 9.49. The van der Waals surface area contributed by atoms with Gasteiger partial charge >= 0.3 is 6.29 Å². The third-order valence-corrected chi connectivity index (χ3v) is 8.75. The predicted molar refractivity (Wildman–Crippen MR) is 122 cm³/mol. The van der Waals surface area contributed by atoms with Crippen LogP contribution in [0, 0.1) is 23.2 Å². The van der Waals surface area contributed by atoms with Gasteiger partial charge in [0.25, 0.3) is 0 Å². The van der Waals surface area contributed by atoms with E-state index in [0.29, 0.717) is 18.5 Å². The molecular formula is C26H30F2N4O2. The van der Waals surface area contributed by atoms with Crippen molar-refractivity contribution in [3.63, 3.8) is 0 Å². The van der Waals surface area contributed by atoms with Gasteiger partial charge in [-0.1, -0.05) is 6.07 Å². The fraction of sp³-hybridized carbons (Fsp3) is 0.615. The molecule has 4 saturated carbocycles. The van der Waals surface area contributed by atoms with Crippen molar-refractivity contribution in [2.24, 2.45) is 23.2 Å². The minimum atomic E-state index is -3.58. The van der Waals surface area contributed by atoms with Crippen LogP contribution < -0.4 is 14.8 Å². The molecule has 180 valence electrons. The molecule has 0 amide bonds. The van der Waals surface area contributed by atoms with E-state index in [4.69, 9.17) is 0 Å². The predicted octanol–water partition coefficient (Wildman–Crippen LogP) is 4.98. The molecule has 2 aromatic rings.